The molecule has 0 aromatic heterocycles. The van der Waals surface area contributed by atoms with Crippen molar-refractivity contribution in [3.8, 4) is 0 Å². The summed E-state index contributed by atoms with van der Waals surface area (Å²) in [4.78, 5) is 28.6. The zero-order chi connectivity index (χ0) is 21.7. The molecular formula is C21H31N3O5S. The fourth-order valence-electron chi connectivity index (χ4n) is 3.69. The van der Waals surface area contributed by atoms with Crippen molar-refractivity contribution in [2.45, 2.75) is 44.4 Å². The Kier molecular flexibility index (Phi) is 7.49. The van der Waals surface area contributed by atoms with E-state index in [1.54, 1.807) is 28.0 Å². The second kappa shape index (κ2) is 9.89. The summed E-state index contributed by atoms with van der Waals surface area (Å²) in [5, 5.41) is 0. The molecule has 3 rings (SSSR count). The monoisotopic (exact) mass is 437 g/mol. The molecule has 2 aliphatic rings. The Morgan fingerprint density at radius 3 is 2.50 bits per heavy atom. The third-order valence-electron chi connectivity index (χ3n) is 5.49. The number of sulfonamides is 1. The van der Waals surface area contributed by atoms with Crippen molar-refractivity contribution < 1.29 is 22.7 Å². The van der Waals surface area contributed by atoms with Gasteiger partial charge in [0.25, 0.3) is 0 Å². The summed E-state index contributed by atoms with van der Waals surface area (Å²) in [6, 6.07) is 4.89. The number of benzene rings is 1. The van der Waals surface area contributed by atoms with Gasteiger partial charge in [-0.25, -0.2) is 13.1 Å². The van der Waals surface area contributed by atoms with E-state index in [0.717, 1.165) is 17.7 Å². The standard InChI is InChI=1S/C21H31N3O5S/c1-16(2)7-9-22-30(27,28)18-3-4-19-17(15-18)8-10-24(19)21(26)6-5-20(25)23-11-13-29-14-12-23/h3-4,15-16,22H,5-14H2,1-2H3. The molecule has 166 valence electrons. The molecule has 2 amide bonds. The fourth-order valence-corrected chi connectivity index (χ4v) is 4.79. The number of hydrogen-bond donors (Lipinski definition) is 1. The van der Waals surface area contributed by atoms with E-state index in [0.29, 0.717) is 51.7 Å². The van der Waals surface area contributed by atoms with Crippen molar-refractivity contribution in [3.63, 3.8) is 0 Å². The average Bonchev–Trinajstić information content (AvgIpc) is 3.15. The van der Waals surface area contributed by atoms with E-state index in [4.69, 9.17) is 4.74 Å². The number of carbonyl (C=O) groups excluding carboxylic acids is 2. The van der Waals surface area contributed by atoms with Crippen molar-refractivity contribution >= 4 is 27.5 Å². The third kappa shape index (κ3) is 5.59. The molecule has 0 atom stereocenters. The number of fused-ring (bicyclic) bond motifs is 1. The SMILES string of the molecule is CC(C)CCNS(=O)(=O)c1ccc2c(c1)CCN2C(=O)CCC(=O)N1CCOCC1. The molecule has 1 aromatic carbocycles. The van der Waals surface area contributed by atoms with Gasteiger partial charge in [0, 0.05) is 44.7 Å². The summed E-state index contributed by atoms with van der Waals surface area (Å²) in [5.41, 5.74) is 1.58. The Balaban J connectivity index is 1.59. The van der Waals surface area contributed by atoms with E-state index in [2.05, 4.69) is 4.72 Å². The lowest BCUT2D eigenvalue weighted by molar-refractivity contribution is -0.136. The van der Waals surface area contributed by atoms with Crippen LogP contribution in [0.5, 0.6) is 0 Å². The molecule has 0 unspecified atom stereocenters. The summed E-state index contributed by atoms with van der Waals surface area (Å²) >= 11 is 0. The van der Waals surface area contributed by atoms with E-state index >= 15 is 0 Å². The summed E-state index contributed by atoms with van der Waals surface area (Å²) in [6.07, 6.45) is 1.70. The summed E-state index contributed by atoms with van der Waals surface area (Å²) in [7, 11) is -3.56. The van der Waals surface area contributed by atoms with E-state index in [9.17, 15) is 18.0 Å². The van der Waals surface area contributed by atoms with Gasteiger partial charge in [-0.15, -0.1) is 0 Å². The number of ether oxygens (including phenoxy) is 1. The first-order valence-electron chi connectivity index (χ1n) is 10.6. The Morgan fingerprint density at radius 1 is 1.10 bits per heavy atom. The highest BCUT2D eigenvalue weighted by Gasteiger charge is 2.27. The zero-order valence-corrected chi connectivity index (χ0v) is 18.5. The molecule has 1 fully saturated rings. The van der Waals surface area contributed by atoms with Crippen LogP contribution in [0.15, 0.2) is 23.1 Å². The molecule has 8 nitrogen and oxygen atoms in total. The number of hydrogen-bond acceptors (Lipinski definition) is 5. The zero-order valence-electron chi connectivity index (χ0n) is 17.7. The Morgan fingerprint density at radius 2 is 1.80 bits per heavy atom. The van der Waals surface area contributed by atoms with Gasteiger partial charge >= 0.3 is 0 Å². The number of amides is 2. The number of nitrogens with one attached hydrogen (secondary N) is 1. The Bertz CT molecular complexity index is 879. The van der Waals surface area contributed by atoms with E-state index in [1.807, 2.05) is 13.8 Å². The second-order valence-corrected chi connectivity index (χ2v) is 9.93. The predicted octanol–water partition coefficient (Wildman–Crippen LogP) is 1.54. The van der Waals surface area contributed by atoms with Crippen LogP contribution < -0.4 is 9.62 Å². The lowest BCUT2D eigenvalue weighted by Gasteiger charge is -2.27. The highest BCUT2D eigenvalue weighted by atomic mass is 32.2. The summed E-state index contributed by atoms with van der Waals surface area (Å²) in [6.45, 7) is 7.22. The highest BCUT2D eigenvalue weighted by molar-refractivity contribution is 7.89. The molecule has 2 heterocycles. The maximum Gasteiger partial charge on any atom is 0.240 e. The van der Waals surface area contributed by atoms with Gasteiger partial charge in [0.05, 0.1) is 18.1 Å². The molecule has 0 saturated carbocycles. The van der Waals surface area contributed by atoms with Crippen LogP contribution >= 0.6 is 0 Å². The van der Waals surface area contributed by atoms with Crippen LogP contribution in [0.3, 0.4) is 0 Å². The summed E-state index contributed by atoms with van der Waals surface area (Å²) in [5.74, 6) is 0.281. The largest absolute Gasteiger partial charge is 0.378 e. The lowest BCUT2D eigenvalue weighted by atomic mass is 10.1. The van der Waals surface area contributed by atoms with E-state index < -0.39 is 10.0 Å². The maximum absolute atomic E-state index is 12.7. The van der Waals surface area contributed by atoms with Crippen LogP contribution in [0.2, 0.25) is 0 Å². The molecule has 1 N–H and O–H groups in total. The van der Waals surface area contributed by atoms with Crippen molar-refractivity contribution in [3.05, 3.63) is 23.8 Å². The van der Waals surface area contributed by atoms with Crippen molar-refractivity contribution in [1.29, 1.82) is 0 Å². The Hall–Kier alpha value is -1.97. The van der Waals surface area contributed by atoms with Crippen LogP contribution in [0.4, 0.5) is 5.69 Å². The van der Waals surface area contributed by atoms with Gasteiger partial charge in [0.2, 0.25) is 21.8 Å². The van der Waals surface area contributed by atoms with Gasteiger partial charge in [-0.3, -0.25) is 9.59 Å². The Labute approximate surface area is 178 Å². The molecule has 0 aliphatic carbocycles. The maximum atomic E-state index is 12.7. The number of carbonyl (C=O) groups is 2. The number of anilines is 1. The van der Waals surface area contributed by atoms with Crippen molar-refractivity contribution in [2.24, 2.45) is 5.92 Å². The van der Waals surface area contributed by atoms with Crippen LogP contribution in [0.1, 0.15) is 38.7 Å². The van der Waals surface area contributed by atoms with Gasteiger partial charge in [-0.05, 0) is 42.5 Å². The van der Waals surface area contributed by atoms with Crippen molar-refractivity contribution in [1.82, 2.24) is 9.62 Å². The smallest absolute Gasteiger partial charge is 0.240 e. The molecular weight excluding hydrogens is 406 g/mol. The highest BCUT2D eigenvalue weighted by Crippen LogP contribution is 2.31. The minimum atomic E-state index is -3.56. The molecule has 0 spiro atoms. The van der Waals surface area contributed by atoms with Gasteiger partial charge in [-0.2, -0.15) is 0 Å². The molecule has 0 radical (unpaired) electrons. The molecule has 1 saturated heterocycles. The van der Waals surface area contributed by atoms with Crippen LogP contribution in [0, 0.1) is 5.92 Å². The van der Waals surface area contributed by atoms with Crippen molar-refractivity contribution in [2.75, 3.05) is 44.3 Å². The van der Waals surface area contributed by atoms with Gasteiger partial charge < -0.3 is 14.5 Å². The minimum absolute atomic E-state index is 0.0278. The van der Waals surface area contributed by atoms with E-state index in [-0.39, 0.29) is 29.6 Å². The van der Waals surface area contributed by atoms with Crippen LogP contribution in [-0.4, -0.2) is 64.5 Å². The molecule has 30 heavy (non-hydrogen) atoms. The normalized spacial score (nSPS) is 16.8. The molecule has 1 aromatic rings. The average molecular weight is 438 g/mol. The quantitative estimate of drug-likeness (QED) is 0.666. The van der Waals surface area contributed by atoms with Crippen LogP contribution in [0.25, 0.3) is 0 Å². The van der Waals surface area contributed by atoms with E-state index in [1.165, 1.54) is 0 Å². The predicted molar refractivity (Wildman–Crippen MR) is 114 cm³/mol. The number of nitrogens with zero attached hydrogens (tertiary/aromatic N) is 2. The van der Waals surface area contributed by atoms with Gasteiger partial charge in [0.15, 0.2) is 0 Å². The molecule has 0 bridgehead atoms. The van der Waals surface area contributed by atoms with Gasteiger partial charge in [0.1, 0.15) is 0 Å². The second-order valence-electron chi connectivity index (χ2n) is 8.16. The number of rotatable bonds is 8. The minimum Gasteiger partial charge on any atom is -0.378 e. The van der Waals surface area contributed by atoms with Gasteiger partial charge in [-0.1, -0.05) is 13.8 Å². The molecule has 9 heteroatoms. The first kappa shape index (κ1) is 22.7. The first-order valence-corrected chi connectivity index (χ1v) is 12.0. The fraction of sp³-hybridized carbons (Fsp3) is 0.619. The first-order chi connectivity index (χ1) is 14.3. The molecule has 2 aliphatic heterocycles. The summed E-state index contributed by atoms with van der Waals surface area (Å²) < 4.78 is 32.9. The lowest BCUT2D eigenvalue weighted by Crippen LogP contribution is -2.41. The number of morpholine rings is 1. The third-order valence-corrected chi connectivity index (χ3v) is 6.95. The topological polar surface area (TPSA) is 96.0 Å². The van der Waals surface area contributed by atoms with Crippen LogP contribution in [-0.2, 0) is 30.8 Å².